The second-order valence-corrected chi connectivity index (χ2v) is 5.71. The van der Waals surface area contributed by atoms with Crippen LogP contribution in [0.4, 0.5) is 0 Å². The average molecular weight is 271 g/mol. The maximum Gasteiger partial charge on any atom is 0.303 e. The summed E-state index contributed by atoms with van der Waals surface area (Å²) in [6.07, 6.45) is 5.87. The molecule has 0 rings (SSSR count). The van der Waals surface area contributed by atoms with Gasteiger partial charge in [0.05, 0.1) is 0 Å². The molecule has 0 aliphatic heterocycles. The number of aliphatic carboxylic acids is 1. The molecule has 0 heterocycles. The van der Waals surface area contributed by atoms with Gasteiger partial charge in [-0.05, 0) is 24.7 Å². The van der Waals surface area contributed by atoms with Crippen LogP contribution in [0, 0.1) is 11.8 Å². The van der Waals surface area contributed by atoms with E-state index >= 15 is 0 Å². The first-order valence-electron chi connectivity index (χ1n) is 7.44. The van der Waals surface area contributed by atoms with E-state index in [-0.39, 0.29) is 18.2 Å². The summed E-state index contributed by atoms with van der Waals surface area (Å²) in [4.78, 5) is 22.4. The summed E-state index contributed by atoms with van der Waals surface area (Å²) in [7, 11) is 0. The predicted molar refractivity (Wildman–Crippen MR) is 77.0 cm³/mol. The van der Waals surface area contributed by atoms with Crippen molar-refractivity contribution in [2.24, 2.45) is 11.8 Å². The fourth-order valence-electron chi connectivity index (χ4n) is 2.21. The zero-order valence-electron chi connectivity index (χ0n) is 12.6. The summed E-state index contributed by atoms with van der Waals surface area (Å²) >= 11 is 0. The van der Waals surface area contributed by atoms with Crippen LogP contribution in [0.3, 0.4) is 0 Å². The standard InChI is InChI=1S/C15H29NO3/c1-4-5-6-7-8-14(17)16-11-13(9-12(2)3)10-15(18)19/h12-13H,4-11H2,1-3H3,(H,16,17)(H,18,19)/t13-/m0/s1. The molecule has 4 nitrogen and oxygen atoms in total. The van der Waals surface area contributed by atoms with E-state index in [2.05, 4.69) is 26.1 Å². The zero-order chi connectivity index (χ0) is 14.7. The van der Waals surface area contributed by atoms with Crippen molar-refractivity contribution in [1.82, 2.24) is 5.32 Å². The molecule has 0 fully saturated rings. The van der Waals surface area contributed by atoms with Gasteiger partial charge in [-0.15, -0.1) is 0 Å². The summed E-state index contributed by atoms with van der Waals surface area (Å²) in [5, 5.41) is 11.7. The summed E-state index contributed by atoms with van der Waals surface area (Å²) in [6, 6.07) is 0. The van der Waals surface area contributed by atoms with Crippen LogP contribution in [-0.2, 0) is 9.59 Å². The van der Waals surface area contributed by atoms with Crippen LogP contribution in [0.15, 0.2) is 0 Å². The summed E-state index contributed by atoms with van der Waals surface area (Å²) in [6.45, 7) is 6.77. The van der Waals surface area contributed by atoms with Gasteiger partial charge in [0.2, 0.25) is 5.91 Å². The molecule has 0 radical (unpaired) electrons. The Morgan fingerprint density at radius 1 is 1.16 bits per heavy atom. The average Bonchev–Trinajstić information content (AvgIpc) is 2.30. The van der Waals surface area contributed by atoms with Gasteiger partial charge in [0.15, 0.2) is 0 Å². The van der Waals surface area contributed by atoms with Crippen LogP contribution in [0.2, 0.25) is 0 Å². The van der Waals surface area contributed by atoms with Gasteiger partial charge in [0.25, 0.3) is 0 Å². The smallest absolute Gasteiger partial charge is 0.303 e. The summed E-state index contributed by atoms with van der Waals surface area (Å²) in [5.74, 6) is -0.249. The topological polar surface area (TPSA) is 66.4 Å². The third-order valence-electron chi connectivity index (χ3n) is 3.11. The second-order valence-electron chi connectivity index (χ2n) is 5.71. The monoisotopic (exact) mass is 271 g/mol. The molecule has 0 aromatic carbocycles. The number of carbonyl (C=O) groups is 2. The highest BCUT2D eigenvalue weighted by Gasteiger charge is 2.15. The Bertz CT molecular complexity index is 264. The van der Waals surface area contributed by atoms with E-state index in [1.54, 1.807) is 0 Å². The number of amides is 1. The SMILES string of the molecule is CCCCCCC(=O)NC[C@H](CC(=O)O)CC(C)C. The molecule has 0 aliphatic rings. The van der Waals surface area contributed by atoms with Gasteiger partial charge in [0.1, 0.15) is 0 Å². The number of carbonyl (C=O) groups excluding carboxylic acids is 1. The van der Waals surface area contributed by atoms with E-state index in [9.17, 15) is 9.59 Å². The van der Waals surface area contributed by atoms with Crippen molar-refractivity contribution < 1.29 is 14.7 Å². The molecule has 0 bridgehead atoms. The van der Waals surface area contributed by atoms with E-state index in [1.165, 1.54) is 6.42 Å². The first-order valence-corrected chi connectivity index (χ1v) is 7.44. The lowest BCUT2D eigenvalue weighted by atomic mass is 9.94. The van der Waals surface area contributed by atoms with Crippen molar-refractivity contribution in [2.75, 3.05) is 6.54 Å². The van der Waals surface area contributed by atoms with E-state index in [0.29, 0.717) is 18.9 Å². The highest BCUT2D eigenvalue weighted by molar-refractivity contribution is 5.75. The molecule has 112 valence electrons. The number of hydrogen-bond donors (Lipinski definition) is 2. The van der Waals surface area contributed by atoms with Crippen LogP contribution >= 0.6 is 0 Å². The van der Waals surface area contributed by atoms with Gasteiger partial charge in [-0.25, -0.2) is 0 Å². The van der Waals surface area contributed by atoms with Crippen LogP contribution in [0.25, 0.3) is 0 Å². The highest BCUT2D eigenvalue weighted by atomic mass is 16.4. The molecular formula is C15H29NO3. The number of carboxylic acids is 1. The Morgan fingerprint density at radius 2 is 1.84 bits per heavy atom. The number of unbranched alkanes of at least 4 members (excludes halogenated alkanes) is 3. The zero-order valence-corrected chi connectivity index (χ0v) is 12.6. The van der Waals surface area contributed by atoms with Crippen molar-refractivity contribution in [3.8, 4) is 0 Å². The van der Waals surface area contributed by atoms with Crippen molar-refractivity contribution in [1.29, 1.82) is 0 Å². The van der Waals surface area contributed by atoms with Crippen LogP contribution in [0.1, 0.15) is 65.7 Å². The molecule has 0 aliphatic carbocycles. The molecular weight excluding hydrogens is 242 g/mol. The van der Waals surface area contributed by atoms with Crippen molar-refractivity contribution in [3.63, 3.8) is 0 Å². The summed E-state index contributed by atoms with van der Waals surface area (Å²) in [5.41, 5.74) is 0. The van der Waals surface area contributed by atoms with Crippen LogP contribution in [0.5, 0.6) is 0 Å². The lowest BCUT2D eigenvalue weighted by Gasteiger charge is -2.17. The molecule has 0 saturated carbocycles. The normalized spacial score (nSPS) is 12.4. The maximum atomic E-state index is 11.6. The largest absolute Gasteiger partial charge is 0.481 e. The number of carboxylic acid groups (broad SMARTS) is 1. The Balaban J connectivity index is 3.88. The van der Waals surface area contributed by atoms with Gasteiger partial charge in [-0.1, -0.05) is 40.0 Å². The van der Waals surface area contributed by atoms with Crippen LogP contribution < -0.4 is 5.32 Å². The quantitative estimate of drug-likeness (QED) is 0.567. The van der Waals surface area contributed by atoms with Crippen molar-refractivity contribution >= 4 is 11.9 Å². The number of nitrogens with one attached hydrogen (secondary N) is 1. The lowest BCUT2D eigenvalue weighted by molar-refractivity contribution is -0.138. The Labute approximate surface area is 117 Å². The second kappa shape index (κ2) is 10.8. The molecule has 19 heavy (non-hydrogen) atoms. The number of rotatable bonds is 11. The maximum absolute atomic E-state index is 11.6. The van der Waals surface area contributed by atoms with E-state index in [1.807, 2.05) is 0 Å². The molecule has 1 amide bonds. The van der Waals surface area contributed by atoms with Crippen LogP contribution in [-0.4, -0.2) is 23.5 Å². The third-order valence-corrected chi connectivity index (χ3v) is 3.11. The van der Waals surface area contributed by atoms with Crippen molar-refractivity contribution in [3.05, 3.63) is 0 Å². The van der Waals surface area contributed by atoms with Gasteiger partial charge in [0, 0.05) is 19.4 Å². The molecule has 0 unspecified atom stereocenters. The van der Waals surface area contributed by atoms with Gasteiger partial charge >= 0.3 is 5.97 Å². The van der Waals surface area contributed by atoms with Gasteiger partial charge < -0.3 is 10.4 Å². The molecule has 0 saturated heterocycles. The molecule has 0 spiro atoms. The fraction of sp³-hybridized carbons (Fsp3) is 0.867. The van der Waals surface area contributed by atoms with E-state index in [0.717, 1.165) is 25.7 Å². The minimum absolute atomic E-state index is 0.0390. The Hall–Kier alpha value is -1.06. The first-order chi connectivity index (χ1) is 8.95. The van der Waals surface area contributed by atoms with Gasteiger partial charge in [-0.3, -0.25) is 9.59 Å². The lowest BCUT2D eigenvalue weighted by Crippen LogP contribution is -2.30. The minimum atomic E-state index is -0.789. The predicted octanol–water partition coefficient (Wildman–Crippen LogP) is 3.21. The van der Waals surface area contributed by atoms with Crippen molar-refractivity contribution in [2.45, 2.75) is 65.7 Å². The molecule has 1 atom stereocenters. The third kappa shape index (κ3) is 11.7. The van der Waals surface area contributed by atoms with Gasteiger partial charge in [-0.2, -0.15) is 0 Å². The summed E-state index contributed by atoms with van der Waals surface area (Å²) < 4.78 is 0. The number of hydrogen-bond acceptors (Lipinski definition) is 2. The Morgan fingerprint density at radius 3 is 2.37 bits per heavy atom. The highest BCUT2D eigenvalue weighted by Crippen LogP contribution is 2.14. The molecule has 4 heteroatoms. The van der Waals surface area contributed by atoms with E-state index in [4.69, 9.17) is 5.11 Å². The fourth-order valence-corrected chi connectivity index (χ4v) is 2.21. The molecule has 0 aromatic heterocycles. The Kier molecular flexibility index (Phi) is 10.2. The molecule has 2 N–H and O–H groups in total. The molecule has 0 aromatic rings. The first kappa shape index (κ1) is 17.9. The minimum Gasteiger partial charge on any atom is -0.481 e. The van der Waals surface area contributed by atoms with E-state index < -0.39 is 5.97 Å².